The van der Waals surface area contributed by atoms with Crippen LogP contribution in [-0.2, 0) is 0 Å². The first kappa shape index (κ1) is 17.0. The van der Waals surface area contributed by atoms with E-state index in [1.807, 2.05) is 0 Å². The molecule has 2 unspecified atom stereocenters. The molecule has 0 aromatic heterocycles. The summed E-state index contributed by atoms with van der Waals surface area (Å²) in [4.78, 5) is 2.75. The molecule has 1 saturated carbocycles. The van der Waals surface area contributed by atoms with E-state index in [0.717, 1.165) is 12.5 Å². The van der Waals surface area contributed by atoms with Crippen LogP contribution in [0.3, 0.4) is 0 Å². The summed E-state index contributed by atoms with van der Waals surface area (Å²) < 4.78 is 0. The van der Waals surface area contributed by atoms with Crippen LogP contribution in [0.5, 0.6) is 0 Å². The monoisotopic (exact) mass is 268 g/mol. The van der Waals surface area contributed by atoms with Gasteiger partial charge in [0, 0.05) is 11.6 Å². The van der Waals surface area contributed by atoms with Crippen molar-refractivity contribution in [3.8, 4) is 0 Å². The molecule has 114 valence electrons. The Morgan fingerprint density at radius 1 is 1.05 bits per heavy atom. The lowest BCUT2D eigenvalue weighted by Crippen LogP contribution is -2.62. The molecule has 0 amide bonds. The van der Waals surface area contributed by atoms with Gasteiger partial charge in [0.25, 0.3) is 0 Å². The average Bonchev–Trinajstić information content (AvgIpc) is 2.88. The Hall–Kier alpha value is -0.0800. The maximum atomic E-state index is 3.86. The zero-order valence-electron chi connectivity index (χ0n) is 14.0. The molecule has 1 fully saturated rings. The van der Waals surface area contributed by atoms with Crippen LogP contribution in [0, 0.1) is 5.92 Å². The third-order valence-corrected chi connectivity index (χ3v) is 5.18. The molecule has 19 heavy (non-hydrogen) atoms. The topological polar surface area (TPSA) is 15.3 Å². The fraction of sp³-hybridized carbons (Fsp3) is 1.00. The van der Waals surface area contributed by atoms with Crippen molar-refractivity contribution >= 4 is 0 Å². The lowest BCUT2D eigenvalue weighted by molar-refractivity contribution is 0.0409. The van der Waals surface area contributed by atoms with Crippen molar-refractivity contribution in [1.82, 2.24) is 10.2 Å². The fourth-order valence-corrected chi connectivity index (χ4v) is 4.43. The number of likely N-dealkylation sites (N-methyl/N-ethyl adjacent to an activating group) is 2. The van der Waals surface area contributed by atoms with Crippen molar-refractivity contribution in [1.29, 1.82) is 0 Å². The van der Waals surface area contributed by atoms with Crippen LogP contribution in [0.2, 0.25) is 0 Å². The van der Waals surface area contributed by atoms with Crippen molar-refractivity contribution in [2.45, 2.75) is 84.7 Å². The molecular formula is C17H36N2. The molecule has 0 heterocycles. The van der Waals surface area contributed by atoms with Gasteiger partial charge in [-0.15, -0.1) is 0 Å². The normalized spacial score (nSPS) is 21.8. The highest BCUT2D eigenvalue weighted by atomic mass is 15.2. The second-order valence-corrected chi connectivity index (χ2v) is 6.28. The Morgan fingerprint density at radius 2 is 1.63 bits per heavy atom. The summed E-state index contributed by atoms with van der Waals surface area (Å²) in [5, 5.41) is 3.86. The molecule has 1 aliphatic rings. The largest absolute Gasteiger partial charge is 0.312 e. The SMILES string of the molecule is CCCC(C)C(NCC)C1(N(CC)CC)CCCC1. The zero-order chi connectivity index (χ0) is 14.3. The molecule has 1 N–H and O–H groups in total. The minimum atomic E-state index is 0.425. The molecule has 1 aliphatic carbocycles. The van der Waals surface area contributed by atoms with Gasteiger partial charge >= 0.3 is 0 Å². The summed E-state index contributed by atoms with van der Waals surface area (Å²) in [7, 11) is 0. The predicted molar refractivity (Wildman–Crippen MR) is 85.7 cm³/mol. The average molecular weight is 268 g/mol. The van der Waals surface area contributed by atoms with Crippen molar-refractivity contribution in [2.75, 3.05) is 19.6 Å². The Bertz CT molecular complexity index is 229. The van der Waals surface area contributed by atoms with E-state index < -0.39 is 0 Å². The van der Waals surface area contributed by atoms with Crippen LogP contribution in [0.4, 0.5) is 0 Å². The van der Waals surface area contributed by atoms with Crippen molar-refractivity contribution in [2.24, 2.45) is 5.92 Å². The number of nitrogens with zero attached hydrogens (tertiary/aromatic N) is 1. The molecule has 0 aromatic rings. The van der Waals surface area contributed by atoms with E-state index in [0.29, 0.717) is 11.6 Å². The molecule has 2 atom stereocenters. The first-order chi connectivity index (χ1) is 9.16. The van der Waals surface area contributed by atoms with Gasteiger partial charge in [-0.25, -0.2) is 0 Å². The molecule has 2 heteroatoms. The highest BCUT2D eigenvalue weighted by Gasteiger charge is 2.46. The summed E-state index contributed by atoms with van der Waals surface area (Å²) in [6, 6.07) is 0.667. The maximum Gasteiger partial charge on any atom is 0.0364 e. The van der Waals surface area contributed by atoms with Gasteiger partial charge in [0.2, 0.25) is 0 Å². The second kappa shape index (κ2) is 8.26. The van der Waals surface area contributed by atoms with E-state index in [1.54, 1.807) is 0 Å². The summed E-state index contributed by atoms with van der Waals surface area (Å²) in [6.45, 7) is 15.2. The Balaban J connectivity index is 2.97. The Kier molecular flexibility index (Phi) is 7.38. The Labute approximate surface area is 121 Å². The summed E-state index contributed by atoms with van der Waals surface area (Å²) in [5.74, 6) is 0.781. The van der Waals surface area contributed by atoms with Gasteiger partial charge in [0.15, 0.2) is 0 Å². The van der Waals surface area contributed by atoms with Crippen LogP contribution in [0.25, 0.3) is 0 Å². The second-order valence-electron chi connectivity index (χ2n) is 6.28. The van der Waals surface area contributed by atoms with Crippen molar-refractivity contribution < 1.29 is 0 Å². The number of rotatable bonds is 9. The van der Waals surface area contributed by atoms with Gasteiger partial charge < -0.3 is 5.32 Å². The molecular weight excluding hydrogens is 232 g/mol. The predicted octanol–water partition coefficient (Wildman–Crippen LogP) is 4.06. The van der Waals surface area contributed by atoms with Gasteiger partial charge in [-0.05, 0) is 44.8 Å². The minimum absolute atomic E-state index is 0.425. The molecule has 0 radical (unpaired) electrons. The van der Waals surface area contributed by atoms with Gasteiger partial charge in [-0.3, -0.25) is 4.90 Å². The third-order valence-electron chi connectivity index (χ3n) is 5.18. The van der Waals surface area contributed by atoms with E-state index in [2.05, 4.69) is 44.8 Å². The molecule has 2 nitrogen and oxygen atoms in total. The lowest BCUT2D eigenvalue weighted by atomic mass is 9.77. The van der Waals surface area contributed by atoms with Crippen LogP contribution < -0.4 is 5.32 Å². The number of hydrogen-bond acceptors (Lipinski definition) is 2. The number of hydrogen-bond donors (Lipinski definition) is 1. The summed E-state index contributed by atoms with van der Waals surface area (Å²) >= 11 is 0. The van der Waals surface area contributed by atoms with E-state index >= 15 is 0 Å². The molecule has 0 spiro atoms. The van der Waals surface area contributed by atoms with Crippen molar-refractivity contribution in [3.63, 3.8) is 0 Å². The highest BCUT2D eigenvalue weighted by molar-refractivity contribution is 5.04. The van der Waals surface area contributed by atoms with Crippen molar-refractivity contribution in [3.05, 3.63) is 0 Å². The first-order valence-electron chi connectivity index (χ1n) is 8.64. The number of nitrogens with one attached hydrogen (secondary N) is 1. The van der Waals surface area contributed by atoms with Gasteiger partial charge in [0.05, 0.1) is 0 Å². The molecule has 0 aromatic carbocycles. The lowest BCUT2D eigenvalue weighted by Gasteiger charge is -2.49. The minimum Gasteiger partial charge on any atom is -0.312 e. The van der Waals surface area contributed by atoms with Gasteiger partial charge in [-0.2, -0.15) is 0 Å². The quantitative estimate of drug-likeness (QED) is 0.678. The standard InChI is InChI=1S/C17H36N2/c1-6-12-15(5)16(18-7-2)17(13-10-11-14-17)19(8-3)9-4/h15-16,18H,6-14H2,1-5H3. The third kappa shape index (κ3) is 3.72. The molecule has 0 saturated heterocycles. The van der Waals surface area contributed by atoms with E-state index in [4.69, 9.17) is 0 Å². The van der Waals surface area contributed by atoms with E-state index in [-0.39, 0.29) is 0 Å². The van der Waals surface area contributed by atoms with E-state index in [9.17, 15) is 0 Å². The van der Waals surface area contributed by atoms with Crippen LogP contribution in [0.15, 0.2) is 0 Å². The molecule has 1 rings (SSSR count). The van der Waals surface area contributed by atoms with Crippen LogP contribution in [-0.4, -0.2) is 36.1 Å². The summed E-state index contributed by atoms with van der Waals surface area (Å²) in [6.07, 6.45) is 8.26. The van der Waals surface area contributed by atoms with Crippen LogP contribution >= 0.6 is 0 Å². The zero-order valence-corrected chi connectivity index (χ0v) is 14.0. The Morgan fingerprint density at radius 3 is 2.05 bits per heavy atom. The molecule has 0 aliphatic heterocycles. The van der Waals surface area contributed by atoms with E-state index in [1.165, 1.54) is 51.6 Å². The van der Waals surface area contributed by atoms with Crippen LogP contribution in [0.1, 0.15) is 73.1 Å². The van der Waals surface area contributed by atoms with Gasteiger partial charge in [0.1, 0.15) is 0 Å². The fourth-order valence-electron chi connectivity index (χ4n) is 4.43. The highest BCUT2D eigenvalue weighted by Crippen LogP contribution is 2.41. The molecule has 0 bridgehead atoms. The summed E-state index contributed by atoms with van der Waals surface area (Å²) in [5.41, 5.74) is 0.425. The maximum absolute atomic E-state index is 3.86. The first-order valence-corrected chi connectivity index (χ1v) is 8.64. The smallest absolute Gasteiger partial charge is 0.0364 e. The van der Waals surface area contributed by atoms with Gasteiger partial charge in [-0.1, -0.05) is 53.9 Å².